The maximum Gasteiger partial charge on any atom is 0.132 e. The van der Waals surface area contributed by atoms with Crippen molar-refractivity contribution in [2.24, 2.45) is 0 Å². The molecule has 1 aromatic carbocycles. The Balaban J connectivity index is 1.76. The summed E-state index contributed by atoms with van der Waals surface area (Å²) in [6.07, 6.45) is 2.64. The third-order valence-corrected chi connectivity index (χ3v) is 4.46. The molecule has 1 unspecified atom stereocenters. The summed E-state index contributed by atoms with van der Waals surface area (Å²) in [5, 5.41) is 0. The summed E-state index contributed by atoms with van der Waals surface area (Å²) in [7, 11) is 0. The molecule has 1 atom stereocenters. The molecule has 2 nitrogen and oxygen atoms in total. The van der Waals surface area contributed by atoms with E-state index in [4.69, 9.17) is 9.15 Å². The summed E-state index contributed by atoms with van der Waals surface area (Å²) >= 11 is 1.83. The minimum atomic E-state index is 0.0462. The maximum atomic E-state index is 5.84. The molecule has 0 amide bonds. The van der Waals surface area contributed by atoms with Crippen LogP contribution in [0.5, 0.6) is 0 Å². The first kappa shape index (κ1) is 12.6. The highest BCUT2D eigenvalue weighted by Gasteiger charge is 2.23. The van der Waals surface area contributed by atoms with Crippen LogP contribution in [0.1, 0.15) is 25.2 Å². The van der Waals surface area contributed by atoms with Crippen LogP contribution in [0.2, 0.25) is 0 Å². The molecule has 3 rings (SSSR count). The molecular weight excluding hydrogens is 256 g/mol. The molecule has 2 heterocycles. The summed E-state index contributed by atoms with van der Waals surface area (Å²) in [5.41, 5.74) is 1.32. The van der Waals surface area contributed by atoms with Gasteiger partial charge in [0.1, 0.15) is 11.9 Å². The number of thioether (sulfide) groups is 1. The molecule has 0 saturated carbocycles. The van der Waals surface area contributed by atoms with Crippen molar-refractivity contribution in [3.63, 3.8) is 0 Å². The molecule has 0 radical (unpaired) electrons. The molecule has 0 spiro atoms. The molecule has 0 fully saturated rings. The van der Waals surface area contributed by atoms with Gasteiger partial charge in [-0.25, -0.2) is 0 Å². The van der Waals surface area contributed by atoms with Crippen molar-refractivity contribution in [1.82, 2.24) is 0 Å². The fourth-order valence-electron chi connectivity index (χ4n) is 2.12. The zero-order valence-electron chi connectivity index (χ0n) is 10.8. The van der Waals surface area contributed by atoms with Crippen molar-refractivity contribution in [2.45, 2.75) is 24.3 Å². The Morgan fingerprint density at radius 1 is 1.11 bits per heavy atom. The summed E-state index contributed by atoms with van der Waals surface area (Å²) in [5.74, 6) is 0.915. The van der Waals surface area contributed by atoms with Gasteiger partial charge in [-0.1, -0.05) is 30.0 Å². The third-order valence-electron chi connectivity index (χ3n) is 3.19. The van der Waals surface area contributed by atoms with Crippen LogP contribution < -0.4 is 0 Å². The van der Waals surface area contributed by atoms with Gasteiger partial charge < -0.3 is 9.15 Å². The number of rotatable bonds is 3. The first-order valence-electron chi connectivity index (χ1n) is 6.39. The average molecular weight is 272 g/mol. The summed E-state index contributed by atoms with van der Waals surface area (Å²) in [6.45, 7) is 2.82. The van der Waals surface area contributed by atoms with E-state index in [1.807, 2.05) is 30.0 Å². The van der Waals surface area contributed by atoms with Gasteiger partial charge in [0, 0.05) is 11.3 Å². The second-order valence-corrected chi connectivity index (χ2v) is 5.81. The van der Waals surface area contributed by atoms with Crippen molar-refractivity contribution in [3.05, 3.63) is 65.0 Å². The van der Waals surface area contributed by atoms with Crippen LogP contribution in [0, 0.1) is 0 Å². The molecule has 2 aromatic rings. The topological polar surface area (TPSA) is 22.4 Å². The Labute approximate surface area is 117 Å². The highest BCUT2D eigenvalue weighted by molar-refractivity contribution is 8.03. The Hall–Kier alpha value is -1.45. The largest absolute Gasteiger partial charge is 0.467 e. The Bertz CT molecular complexity index is 558. The monoisotopic (exact) mass is 272 g/mol. The van der Waals surface area contributed by atoms with Crippen LogP contribution in [-0.4, -0.2) is 6.61 Å². The van der Waals surface area contributed by atoms with E-state index in [9.17, 15) is 0 Å². The van der Waals surface area contributed by atoms with E-state index in [0.29, 0.717) is 6.61 Å². The lowest BCUT2D eigenvalue weighted by atomic mass is 10.1. The van der Waals surface area contributed by atoms with Gasteiger partial charge in [0.2, 0.25) is 0 Å². The van der Waals surface area contributed by atoms with E-state index in [2.05, 4.69) is 31.2 Å². The van der Waals surface area contributed by atoms with Gasteiger partial charge in [0.25, 0.3) is 0 Å². The van der Waals surface area contributed by atoms with E-state index in [1.54, 1.807) is 6.26 Å². The molecule has 1 aliphatic heterocycles. The molecule has 1 aromatic heterocycles. The normalized spacial score (nSPS) is 19.7. The Morgan fingerprint density at radius 2 is 1.95 bits per heavy atom. The SMILES string of the molecule is CC1=C(Sc2ccccc2)CC(c2ccco2)OC1. The van der Waals surface area contributed by atoms with E-state index in [0.717, 1.165) is 12.2 Å². The lowest BCUT2D eigenvalue weighted by Crippen LogP contribution is -2.13. The van der Waals surface area contributed by atoms with Gasteiger partial charge in [-0.15, -0.1) is 0 Å². The second-order valence-electron chi connectivity index (χ2n) is 4.64. The predicted molar refractivity (Wildman–Crippen MR) is 77.0 cm³/mol. The van der Waals surface area contributed by atoms with Crippen molar-refractivity contribution in [1.29, 1.82) is 0 Å². The fraction of sp³-hybridized carbons (Fsp3) is 0.250. The molecule has 98 valence electrons. The molecule has 19 heavy (non-hydrogen) atoms. The van der Waals surface area contributed by atoms with Crippen molar-refractivity contribution in [2.75, 3.05) is 6.61 Å². The second kappa shape index (κ2) is 5.68. The molecule has 0 saturated heterocycles. The van der Waals surface area contributed by atoms with Crippen molar-refractivity contribution < 1.29 is 9.15 Å². The third kappa shape index (κ3) is 2.94. The van der Waals surface area contributed by atoms with Gasteiger partial charge in [0.15, 0.2) is 0 Å². The number of benzene rings is 1. The summed E-state index contributed by atoms with van der Waals surface area (Å²) < 4.78 is 11.3. The van der Waals surface area contributed by atoms with Gasteiger partial charge in [-0.05, 0) is 41.7 Å². The van der Waals surface area contributed by atoms with Crippen LogP contribution in [0.3, 0.4) is 0 Å². The molecule has 0 aliphatic carbocycles. The average Bonchev–Trinajstić information content (AvgIpc) is 2.96. The quantitative estimate of drug-likeness (QED) is 0.800. The first-order valence-corrected chi connectivity index (χ1v) is 7.21. The first-order chi connectivity index (χ1) is 9.33. The van der Waals surface area contributed by atoms with Gasteiger partial charge in [0.05, 0.1) is 12.9 Å². The van der Waals surface area contributed by atoms with E-state index >= 15 is 0 Å². The Kier molecular flexibility index (Phi) is 3.76. The highest BCUT2D eigenvalue weighted by Crippen LogP contribution is 2.40. The summed E-state index contributed by atoms with van der Waals surface area (Å²) in [6, 6.07) is 14.4. The Morgan fingerprint density at radius 3 is 2.68 bits per heavy atom. The molecular formula is C16H16O2S. The van der Waals surface area contributed by atoms with Crippen molar-refractivity contribution >= 4 is 11.8 Å². The van der Waals surface area contributed by atoms with E-state index in [1.165, 1.54) is 15.4 Å². The lowest BCUT2D eigenvalue weighted by molar-refractivity contribution is 0.0447. The predicted octanol–water partition coefficient (Wildman–Crippen LogP) is 4.81. The van der Waals surface area contributed by atoms with Crippen LogP contribution in [0.4, 0.5) is 0 Å². The van der Waals surface area contributed by atoms with Crippen LogP contribution in [-0.2, 0) is 4.74 Å². The van der Waals surface area contributed by atoms with Crippen LogP contribution in [0.15, 0.2) is 68.5 Å². The molecule has 3 heteroatoms. The smallest absolute Gasteiger partial charge is 0.132 e. The lowest BCUT2D eigenvalue weighted by Gasteiger charge is -2.24. The highest BCUT2D eigenvalue weighted by atomic mass is 32.2. The standard InChI is InChI=1S/C16H16O2S/c1-12-11-18-15(14-8-5-9-17-14)10-16(12)19-13-6-3-2-4-7-13/h2-9,15H,10-11H2,1H3. The summed E-state index contributed by atoms with van der Waals surface area (Å²) in [4.78, 5) is 2.66. The number of furan rings is 1. The van der Waals surface area contributed by atoms with Gasteiger partial charge in [-0.2, -0.15) is 0 Å². The molecule has 1 aliphatic rings. The number of hydrogen-bond donors (Lipinski definition) is 0. The van der Waals surface area contributed by atoms with Crippen molar-refractivity contribution in [3.8, 4) is 0 Å². The zero-order valence-corrected chi connectivity index (χ0v) is 11.7. The zero-order chi connectivity index (χ0) is 13.1. The number of hydrogen-bond acceptors (Lipinski definition) is 3. The van der Waals surface area contributed by atoms with Gasteiger partial charge >= 0.3 is 0 Å². The van der Waals surface area contributed by atoms with Crippen LogP contribution >= 0.6 is 11.8 Å². The minimum absolute atomic E-state index is 0.0462. The fourth-order valence-corrected chi connectivity index (χ4v) is 3.17. The van der Waals surface area contributed by atoms with Gasteiger partial charge in [-0.3, -0.25) is 0 Å². The number of ether oxygens (including phenoxy) is 1. The minimum Gasteiger partial charge on any atom is -0.467 e. The van der Waals surface area contributed by atoms with Crippen LogP contribution in [0.25, 0.3) is 0 Å². The maximum absolute atomic E-state index is 5.84. The molecule has 0 N–H and O–H groups in total. The van der Waals surface area contributed by atoms with E-state index in [-0.39, 0.29) is 6.10 Å². The van der Waals surface area contributed by atoms with E-state index < -0.39 is 0 Å². The molecule has 0 bridgehead atoms.